The molecule has 0 bridgehead atoms. The number of rotatable bonds is 4. The van der Waals surface area contributed by atoms with Crippen molar-refractivity contribution in [2.45, 2.75) is 38.0 Å². The highest BCUT2D eigenvalue weighted by Gasteiger charge is 2.26. The molecule has 0 spiro atoms. The maximum absolute atomic E-state index is 5.56. The Morgan fingerprint density at radius 1 is 1.25 bits per heavy atom. The molecule has 1 aliphatic rings. The van der Waals surface area contributed by atoms with Crippen molar-refractivity contribution >= 4 is 11.8 Å². The lowest BCUT2D eigenvalue weighted by molar-refractivity contribution is 0.323. The van der Waals surface area contributed by atoms with Crippen LogP contribution in [0.2, 0.25) is 0 Å². The maximum Gasteiger partial charge on any atom is 0.230 e. The number of hydrogen-bond acceptors (Lipinski definition) is 5. The predicted molar refractivity (Wildman–Crippen MR) is 95.0 cm³/mol. The molecule has 1 unspecified atom stereocenters. The van der Waals surface area contributed by atoms with Crippen LogP contribution in [0.3, 0.4) is 0 Å². The Morgan fingerprint density at radius 3 is 2.88 bits per heavy atom. The van der Waals surface area contributed by atoms with Crippen molar-refractivity contribution in [1.29, 1.82) is 0 Å². The average Bonchev–Trinajstić information content (AvgIpc) is 3.21. The van der Waals surface area contributed by atoms with Crippen LogP contribution in [-0.2, 0) is 18.7 Å². The van der Waals surface area contributed by atoms with Crippen molar-refractivity contribution < 1.29 is 4.52 Å². The SMILES string of the molecule is CSCc1ccc(-c2noc(C3CCn4cc(C)nc4C3)n2)cc1. The minimum atomic E-state index is 0.260. The first-order valence-electron chi connectivity index (χ1n) is 8.17. The minimum absolute atomic E-state index is 0.260. The summed E-state index contributed by atoms with van der Waals surface area (Å²) in [6, 6.07) is 8.39. The smallest absolute Gasteiger partial charge is 0.230 e. The van der Waals surface area contributed by atoms with Gasteiger partial charge in [0, 0.05) is 36.4 Å². The van der Waals surface area contributed by atoms with E-state index in [1.807, 2.05) is 18.7 Å². The van der Waals surface area contributed by atoms with E-state index in [-0.39, 0.29) is 5.92 Å². The summed E-state index contributed by atoms with van der Waals surface area (Å²) in [7, 11) is 0. The fourth-order valence-corrected chi connectivity index (χ4v) is 3.74. The molecule has 4 rings (SSSR count). The van der Waals surface area contributed by atoms with Crippen LogP contribution in [0.1, 0.15) is 35.3 Å². The second-order valence-corrected chi connectivity index (χ2v) is 7.13. The van der Waals surface area contributed by atoms with Gasteiger partial charge in [-0.15, -0.1) is 0 Å². The summed E-state index contributed by atoms with van der Waals surface area (Å²) in [5, 5.41) is 4.18. The third kappa shape index (κ3) is 2.98. The molecule has 5 nitrogen and oxygen atoms in total. The minimum Gasteiger partial charge on any atom is -0.339 e. The Morgan fingerprint density at radius 2 is 2.08 bits per heavy atom. The zero-order valence-electron chi connectivity index (χ0n) is 13.9. The highest BCUT2D eigenvalue weighted by atomic mass is 32.2. The monoisotopic (exact) mass is 340 g/mol. The summed E-state index contributed by atoms with van der Waals surface area (Å²) >= 11 is 1.82. The Balaban J connectivity index is 1.52. The van der Waals surface area contributed by atoms with Gasteiger partial charge in [-0.3, -0.25) is 0 Å². The molecule has 1 aromatic carbocycles. The second-order valence-electron chi connectivity index (χ2n) is 6.27. The molecule has 124 valence electrons. The van der Waals surface area contributed by atoms with E-state index in [2.05, 4.69) is 56.4 Å². The van der Waals surface area contributed by atoms with Crippen LogP contribution in [0.25, 0.3) is 11.4 Å². The molecule has 0 radical (unpaired) electrons. The molecule has 3 aromatic rings. The maximum atomic E-state index is 5.56. The molecule has 6 heteroatoms. The average molecular weight is 340 g/mol. The van der Waals surface area contributed by atoms with E-state index in [0.717, 1.165) is 48.1 Å². The van der Waals surface area contributed by atoms with Crippen LogP contribution >= 0.6 is 11.8 Å². The molecule has 3 heterocycles. The highest BCUT2D eigenvalue weighted by Crippen LogP contribution is 2.29. The molecular formula is C18H20N4OS. The molecule has 1 aliphatic heterocycles. The Labute approximate surface area is 145 Å². The molecule has 24 heavy (non-hydrogen) atoms. The van der Waals surface area contributed by atoms with E-state index in [0.29, 0.717) is 5.82 Å². The standard InChI is InChI=1S/C18H20N4OS/c1-12-10-22-8-7-15(9-16(22)19-12)18-20-17(21-23-18)14-5-3-13(4-6-14)11-24-2/h3-6,10,15H,7-9,11H2,1-2H3. The van der Waals surface area contributed by atoms with Crippen LogP contribution in [0, 0.1) is 6.92 Å². The van der Waals surface area contributed by atoms with Gasteiger partial charge >= 0.3 is 0 Å². The largest absolute Gasteiger partial charge is 0.339 e. The molecule has 0 fully saturated rings. The molecule has 1 atom stereocenters. The Kier molecular flexibility index (Phi) is 4.14. The number of fused-ring (bicyclic) bond motifs is 1. The van der Waals surface area contributed by atoms with Crippen molar-refractivity contribution in [3.05, 3.63) is 53.4 Å². The van der Waals surface area contributed by atoms with Crippen LogP contribution in [0.5, 0.6) is 0 Å². The first-order chi connectivity index (χ1) is 11.7. The van der Waals surface area contributed by atoms with Crippen LogP contribution in [0.4, 0.5) is 0 Å². The fraction of sp³-hybridized carbons (Fsp3) is 0.389. The first kappa shape index (κ1) is 15.4. The van der Waals surface area contributed by atoms with E-state index in [4.69, 9.17) is 4.52 Å². The Hall–Kier alpha value is -2.08. The van der Waals surface area contributed by atoms with E-state index in [1.54, 1.807) is 0 Å². The summed E-state index contributed by atoms with van der Waals surface area (Å²) in [5.74, 6) is 3.79. The fourth-order valence-electron chi connectivity index (χ4n) is 3.22. The lowest BCUT2D eigenvalue weighted by atomic mass is 9.98. The summed E-state index contributed by atoms with van der Waals surface area (Å²) in [5.41, 5.74) is 3.38. The van der Waals surface area contributed by atoms with Crippen molar-refractivity contribution in [3.63, 3.8) is 0 Å². The molecule has 0 N–H and O–H groups in total. The number of benzene rings is 1. The predicted octanol–water partition coefficient (Wildman–Crippen LogP) is 3.83. The number of nitrogens with zero attached hydrogens (tertiary/aromatic N) is 4. The summed E-state index contributed by atoms with van der Waals surface area (Å²) in [6.07, 6.45) is 6.09. The molecule has 0 saturated heterocycles. The molecule has 0 aliphatic carbocycles. The number of aryl methyl sites for hydroxylation is 2. The number of imidazole rings is 1. The third-order valence-electron chi connectivity index (χ3n) is 4.44. The molecular weight excluding hydrogens is 320 g/mol. The van der Waals surface area contributed by atoms with Gasteiger partial charge in [0.05, 0.1) is 5.69 Å². The van der Waals surface area contributed by atoms with Gasteiger partial charge in [0.15, 0.2) is 0 Å². The Bertz CT molecular complexity index is 837. The summed E-state index contributed by atoms with van der Waals surface area (Å²) in [6.45, 7) is 2.99. The van der Waals surface area contributed by atoms with Crippen molar-refractivity contribution in [1.82, 2.24) is 19.7 Å². The van der Waals surface area contributed by atoms with Gasteiger partial charge in [0.2, 0.25) is 11.7 Å². The highest BCUT2D eigenvalue weighted by molar-refractivity contribution is 7.97. The number of thioether (sulfide) groups is 1. The molecule has 0 saturated carbocycles. The zero-order valence-corrected chi connectivity index (χ0v) is 14.7. The lowest BCUT2D eigenvalue weighted by Crippen LogP contribution is -2.18. The summed E-state index contributed by atoms with van der Waals surface area (Å²) < 4.78 is 7.79. The van der Waals surface area contributed by atoms with Gasteiger partial charge < -0.3 is 9.09 Å². The van der Waals surface area contributed by atoms with Gasteiger partial charge in [-0.25, -0.2) is 4.98 Å². The van der Waals surface area contributed by atoms with E-state index >= 15 is 0 Å². The first-order valence-corrected chi connectivity index (χ1v) is 9.57. The van der Waals surface area contributed by atoms with E-state index in [1.165, 1.54) is 5.56 Å². The quantitative estimate of drug-likeness (QED) is 0.722. The van der Waals surface area contributed by atoms with Crippen molar-refractivity contribution in [2.24, 2.45) is 0 Å². The van der Waals surface area contributed by atoms with Crippen LogP contribution in [0.15, 0.2) is 35.0 Å². The number of hydrogen-bond donors (Lipinski definition) is 0. The van der Waals surface area contributed by atoms with Crippen molar-refractivity contribution in [2.75, 3.05) is 6.26 Å². The van der Waals surface area contributed by atoms with Crippen molar-refractivity contribution in [3.8, 4) is 11.4 Å². The normalized spacial score (nSPS) is 17.0. The third-order valence-corrected chi connectivity index (χ3v) is 5.06. The van der Waals surface area contributed by atoms with Gasteiger partial charge in [-0.2, -0.15) is 16.7 Å². The topological polar surface area (TPSA) is 56.7 Å². The van der Waals surface area contributed by atoms with E-state index < -0.39 is 0 Å². The van der Waals surface area contributed by atoms with Crippen LogP contribution < -0.4 is 0 Å². The van der Waals surface area contributed by atoms with Gasteiger partial charge in [-0.05, 0) is 25.2 Å². The zero-order chi connectivity index (χ0) is 16.5. The van der Waals surface area contributed by atoms with Gasteiger partial charge in [0.25, 0.3) is 0 Å². The molecule has 2 aromatic heterocycles. The van der Waals surface area contributed by atoms with Gasteiger partial charge in [-0.1, -0.05) is 29.4 Å². The lowest BCUT2D eigenvalue weighted by Gasteiger charge is -2.19. The summed E-state index contributed by atoms with van der Waals surface area (Å²) in [4.78, 5) is 9.23. The number of aromatic nitrogens is 4. The molecule has 0 amide bonds. The second kappa shape index (κ2) is 6.43. The van der Waals surface area contributed by atoms with Crippen LogP contribution in [-0.4, -0.2) is 25.9 Å². The van der Waals surface area contributed by atoms with E-state index in [9.17, 15) is 0 Å². The van der Waals surface area contributed by atoms with Gasteiger partial charge in [0.1, 0.15) is 5.82 Å².